The van der Waals surface area contributed by atoms with Crippen molar-refractivity contribution in [3.63, 3.8) is 0 Å². The Balaban J connectivity index is 1.91. The Labute approximate surface area is 198 Å². The molecule has 0 aliphatic carbocycles. The normalized spacial score (nSPS) is 11.7. The molecular weight excluding hydrogens is 438 g/mol. The van der Waals surface area contributed by atoms with Gasteiger partial charge in [-0.15, -0.1) is 0 Å². The molecule has 0 bridgehead atoms. The number of hydrogen-bond donors (Lipinski definition) is 1. The molecular formula is C27H28F2N2O3. The van der Waals surface area contributed by atoms with Crippen LogP contribution in [0.15, 0.2) is 78.9 Å². The van der Waals surface area contributed by atoms with Crippen molar-refractivity contribution in [2.75, 3.05) is 6.61 Å². The van der Waals surface area contributed by atoms with E-state index in [2.05, 4.69) is 5.32 Å². The Morgan fingerprint density at radius 2 is 1.53 bits per heavy atom. The van der Waals surface area contributed by atoms with Crippen LogP contribution >= 0.6 is 0 Å². The first kappa shape index (κ1) is 24.9. The number of para-hydroxylation sites is 1. The Morgan fingerprint density at radius 3 is 2.18 bits per heavy atom. The summed E-state index contributed by atoms with van der Waals surface area (Å²) in [6.07, 6.45) is 0.270. The van der Waals surface area contributed by atoms with Gasteiger partial charge in [-0.05, 0) is 49.2 Å². The van der Waals surface area contributed by atoms with Crippen molar-refractivity contribution in [3.05, 3.63) is 102 Å². The summed E-state index contributed by atoms with van der Waals surface area (Å²) in [6, 6.07) is 19.9. The average molecular weight is 467 g/mol. The number of nitrogens with zero attached hydrogens (tertiary/aromatic N) is 1. The fourth-order valence-electron chi connectivity index (χ4n) is 3.51. The number of benzene rings is 3. The van der Waals surface area contributed by atoms with E-state index >= 15 is 0 Å². The van der Waals surface area contributed by atoms with E-state index in [1.807, 2.05) is 44.2 Å². The molecule has 3 aromatic rings. The number of nitrogens with one attached hydrogen (secondary N) is 1. The molecule has 0 fully saturated rings. The highest BCUT2D eigenvalue weighted by Gasteiger charge is 2.31. The third-order valence-corrected chi connectivity index (χ3v) is 5.16. The molecule has 1 atom stereocenters. The molecule has 2 amide bonds. The molecule has 0 saturated heterocycles. The van der Waals surface area contributed by atoms with Gasteiger partial charge in [0.2, 0.25) is 5.91 Å². The predicted octanol–water partition coefficient (Wildman–Crippen LogP) is 4.51. The minimum absolute atomic E-state index is 0.0520. The molecule has 1 N–H and O–H groups in total. The maximum atomic E-state index is 14.0. The summed E-state index contributed by atoms with van der Waals surface area (Å²) in [5.41, 5.74) is 1.52. The molecule has 0 saturated carbocycles. The number of hydrogen-bond acceptors (Lipinski definition) is 3. The minimum Gasteiger partial charge on any atom is -0.481 e. The molecule has 0 unspecified atom stereocenters. The van der Waals surface area contributed by atoms with E-state index in [0.29, 0.717) is 5.56 Å². The molecule has 0 heterocycles. The van der Waals surface area contributed by atoms with Crippen molar-refractivity contribution >= 4 is 11.8 Å². The van der Waals surface area contributed by atoms with Crippen molar-refractivity contribution in [1.29, 1.82) is 0 Å². The maximum absolute atomic E-state index is 14.0. The van der Waals surface area contributed by atoms with Crippen LogP contribution in [0.2, 0.25) is 0 Å². The quantitative estimate of drug-likeness (QED) is 0.478. The molecule has 3 aromatic carbocycles. The Bertz CT molecular complexity index is 1090. The summed E-state index contributed by atoms with van der Waals surface area (Å²) in [5, 5.41) is 2.88. The summed E-state index contributed by atoms with van der Waals surface area (Å²) in [7, 11) is 0. The lowest BCUT2D eigenvalue weighted by molar-refractivity contribution is -0.143. The molecule has 178 valence electrons. The van der Waals surface area contributed by atoms with Gasteiger partial charge in [-0.3, -0.25) is 9.59 Å². The summed E-state index contributed by atoms with van der Waals surface area (Å²) >= 11 is 0. The standard InChI is InChI=1S/C27H28F2N2O3/c1-19(2)30-27(33)24(16-20-8-4-3-5-9-20)31(17-21-12-14-22(28)15-13-21)26(32)18-34-25-11-7-6-10-23(25)29/h3-15,19,24H,16-18H2,1-2H3,(H,30,33)/t24-/m0/s1. The molecule has 3 rings (SSSR count). The molecule has 0 radical (unpaired) electrons. The van der Waals surface area contributed by atoms with E-state index in [-0.39, 0.29) is 30.7 Å². The van der Waals surface area contributed by atoms with E-state index < -0.39 is 30.2 Å². The van der Waals surface area contributed by atoms with Crippen LogP contribution in [0.25, 0.3) is 0 Å². The Kier molecular flexibility index (Phi) is 8.73. The third-order valence-electron chi connectivity index (χ3n) is 5.16. The van der Waals surface area contributed by atoms with Crippen LogP contribution in [0, 0.1) is 11.6 Å². The zero-order chi connectivity index (χ0) is 24.5. The molecule has 7 heteroatoms. The van der Waals surface area contributed by atoms with Gasteiger partial charge in [-0.1, -0.05) is 54.6 Å². The first-order valence-electron chi connectivity index (χ1n) is 11.1. The van der Waals surface area contributed by atoms with Crippen LogP contribution in [0.4, 0.5) is 8.78 Å². The van der Waals surface area contributed by atoms with Crippen LogP contribution in [0.3, 0.4) is 0 Å². The Morgan fingerprint density at radius 1 is 0.882 bits per heavy atom. The fourth-order valence-corrected chi connectivity index (χ4v) is 3.51. The van der Waals surface area contributed by atoms with E-state index in [0.717, 1.165) is 5.56 Å². The van der Waals surface area contributed by atoms with Crippen LogP contribution in [0.1, 0.15) is 25.0 Å². The zero-order valence-electron chi connectivity index (χ0n) is 19.2. The number of ether oxygens (including phenoxy) is 1. The summed E-state index contributed by atoms with van der Waals surface area (Å²) in [4.78, 5) is 28.0. The summed E-state index contributed by atoms with van der Waals surface area (Å²) in [5.74, 6) is -1.85. The average Bonchev–Trinajstić information content (AvgIpc) is 2.82. The van der Waals surface area contributed by atoms with Gasteiger partial charge < -0.3 is 15.0 Å². The van der Waals surface area contributed by atoms with Gasteiger partial charge in [0, 0.05) is 19.0 Å². The molecule has 5 nitrogen and oxygen atoms in total. The lowest BCUT2D eigenvalue weighted by Gasteiger charge is -2.32. The van der Waals surface area contributed by atoms with Crippen LogP contribution in [0.5, 0.6) is 5.75 Å². The van der Waals surface area contributed by atoms with Gasteiger partial charge in [-0.25, -0.2) is 8.78 Å². The SMILES string of the molecule is CC(C)NC(=O)[C@H](Cc1ccccc1)N(Cc1ccc(F)cc1)C(=O)COc1ccccc1F. The van der Waals surface area contributed by atoms with E-state index in [1.165, 1.54) is 35.2 Å². The van der Waals surface area contributed by atoms with E-state index in [1.54, 1.807) is 18.2 Å². The van der Waals surface area contributed by atoms with E-state index in [9.17, 15) is 18.4 Å². The molecule has 0 aliphatic heterocycles. The van der Waals surface area contributed by atoms with E-state index in [4.69, 9.17) is 4.74 Å². The van der Waals surface area contributed by atoms with Gasteiger partial charge in [0.25, 0.3) is 5.91 Å². The highest BCUT2D eigenvalue weighted by molar-refractivity contribution is 5.88. The second-order valence-corrected chi connectivity index (χ2v) is 8.24. The minimum atomic E-state index is -0.855. The van der Waals surface area contributed by atoms with Gasteiger partial charge in [0.05, 0.1) is 0 Å². The third kappa shape index (κ3) is 7.13. The maximum Gasteiger partial charge on any atom is 0.261 e. The summed E-state index contributed by atoms with van der Waals surface area (Å²) < 4.78 is 32.9. The van der Waals surface area contributed by atoms with Gasteiger partial charge in [0.1, 0.15) is 11.9 Å². The molecule has 0 spiro atoms. The molecule has 0 aromatic heterocycles. The highest BCUT2D eigenvalue weighted by atomic mass is 19.1. The topological polar surface area (TPSA) is 58.6 Å². The highest BCUT2D eigenvalue weighted by Crippen LogP contribution is 2.18. The number of carbonyl (C=O) groups is 2. The number of rotatable bonds is 10. The van der Waals surface area contributed by atoms with Crippen molar-refractivity contribution in [2.45, 2.75) is 38.9 Å². The lowest BCUT2D eigenvalue weighted by Crippen LogP contribution is -2.52. The van der Waals surface area contributed by atoms with Gasteiger partial charge >= 0.3 is 0 Å². The smallest absolute Gasteiger partial charge is 0.261 e. The predicted molar refractivity (Wildman–Crippen MR) is 126 cm³/mol. The largest absolute Gasteiger partial charge is 0.481 e. The van der Waals surface area contributed by atoms with Crippen LogP contribution in [-0.2, 0) is 22.6 Å². The first-order chi connectivity index (χ1) is 16.3. The van der Waals surface area contributed by atoms with Crippen molar-refractivity contribution in [3.8, 4) is 5.75 Å². The first-order valence-corrected chi connectivity index (χ1v) is 11.1. The second-order valence-electron chi connectivity index (χ2n) is 8.24. The van der Waals surface area contributed by atoms with Crippen molar-refractivity contribution in [1.82, 2.24) is 10.2 Å². The van der Waals surface area contributed by atoms with Gasteiger partial charge in [0.15, 0.2) is 18.2 Å². The number of amides is 2. The summed E-state index contributed by atoms with van der Waals surface area (Å²) in [6.45, 7) is 3.28. The number of halogens is 2. The zero-order valence-corrected chi connectivity index (χ0v) is 19.2. The Hall–Kier alpha value is -3.74. The second kappa shape index (κ2) is 11.9. The van der Waals surface area contributed by atoms with Crippen LogP contribution < -0.4 is 10.1 Å². The molecule has 34 heavy (non-hydrogen) atoms. The van der Waals surface area contributed by atoms with Crippen molar-refractivity contribution in [2.24, 2.45) is 0 Å². The fraction of sp³-hybridized carbons (Fsp3) is 0.259. The number of carbonyl (C=O) groups excluding carboxylic acids is 2. The van der Waals surface area contributed by atoms with Gasteiger partial charge in [-0.2, -0.15) is 0 Å². The monoisotopic (exact) mass is 466 g/mol. The molecule has 0 aliphatic rings. The lowest BCUT2D eigenvalue weighted by atomic mass is 10.0. The van der Waals surface area contributed by atoms with Crippen molar-refractivity contribution < 1.29 is 23.1 Å². The van der Waals surface area contributed by atoms with Crippen LogP contribution in [-0.4, -0.2) is 35.4 Å².